The summed E-state index contributed by atoms with van der Waals surface area (Å²) in [4.78, 5) is 12.5. The number of rotatable bonds is 2. The summed E-state index contributed by atoms with van der Waals surface area (Å²) < 4.78 is 5.61. The highest BCUT2D eigenvalue weighted by atomic mass is 16.5. The molecule has 0 radical (unpaired) electrons. The monoisotopic (exact) mass is 253 g/mol. The molecule has 19 heavy (non-hydrogen) atoms. The number of nitrogens with zero attached hydrogens (tertiary/aromatic N) is 3. The van der Waals surface area contributed by atoms with Crippen molar-refractivity contribution >= 4 is 11.2 Å². The summed E-state index contributed by atoms with van der Waals surface area (Å²) in [6, 6.07) is 8.53. The SMILES string of the molecule is Cc1cc(O)cc(Oc2ccc3nccnc3n2)c1. The van der Waals surface area contributed by atoms with Gasteiger partial charge in [0.15, 0.2) is 5.65 Å². The van der Waals surface area contributed by atoms with Crippen LogP contribution in [0.1, 0.15) is 5.56 Å². The van der Waals surface area contributed by atoms with E-state index in [9.17, 15) is 5.11 Å². The molecule has 1 aromatic carbocycles. The van der Waals surface area contributed by atoms with Crippen LogP contribution in [0.25, 0.3) is 11.2 Å². The molecule has 0 aliphatic carbocycles. The van der Waals surface area contributed by atoms with Gasteiger partial charge in [-0.25, -0.2) is 4.98 Å². The van der Waals surface area contributed by atoms with E-state index >= 15 is 0 Å². The molecule has 2 heterocycles. The van der Waals surface area contributed by atoms with Crippen molar-refractivity contribution < 1.29 is 9.84 Å². The first-order valence-corrected chi connectivity index (χ1v) is 5.77. The van der Waals surface area contributed by atoms with Gasteiger partial charge in [-0.2, -0.15) is 4.98 Å². The van der Waals surface area contributed by atoms with E-state index in [-0.39, 0.29) is 5.75 Å². The Bertz CT molecular complexity index is 723. The molecule has 3 rings (SSSR count). The van der Waals surface area contributed by atoms with E-state index in [2.05, 4.69) is 15.0 Å². The van der Waals surface area contributed by atoms with Crippen molar-refractivity contribution in [1.29, 1.82) is 0 Å². The third-order valence-electron chi connectivity index (χ3n) is 2.56. The molecule has 0 spiro atoms. The van der Waals surface area contributed by atoms with Gasteiger partial charge < -0.3 is 9.84 Å². The Hall–Kier alpha value is -2.69. The molecule has 2 aromatic heterocycles. The van der Waals surface area contributed by atoms with Crippen molar-refractivity contribution in [3.63, 3.8) is 0 Å². The maximum atomic E-state index is 9.52. The molecule has 5 nitrogen and oxygen atoms in total. The van der Waals surface area contributed by atoms with E-state index in [1.807, 2.05) is 13.0 Å². The quantitative estimate of drug-likeness (QED) is 0.760. The summed E-state index contributed by atoms with van der Waals surface area (Å²) in [7, 11) is 0. The minimum Gasteiger partial charge on any atom is -0.508 e. The zero-order valence-electron chi connectivity index (χ0n) is 10.2. The van der Waals surface area contributed by atoms with Crippen LogP contribution in [0, 0.1) is 6.92 Å². The number of pyridine rings is 1. The van der Waals surface area contributed by atoms with Crippen LogP contribution in [0.15, 0.2) is 42.7 Å². The van der Waals surface area contributed by atoms with Crippen molar-refractivity contribution in [1.82, 2.24) is 15.0 Å². The summed E-state index contributed by atoms with van der Waals surface area (Å²) in [5.41, 5.74) is 2.15. The standard InChI is InChI=1S/C14H11N3O2/c1-9-6-10(18)8-11(7-9)19-13-3-2-12-14(17-13)16-5-4-15-12/h2-8,18H,1H3. The summed E-state index contributed by atoms with van der Waals surface area (Å²) >= 11 is 0. The molecule has 0 fully saturated rings. The zero-order valence-corrected chi connectivity index (χ0v) is 10.2. The average molecular weight is 253 g/mol. The van der Waals surface area contributed by atoms with Crippen LogP contribution in [0.3, 0.4) is 0 Å². The highest BCUT2D eigenvalue weighted by molar-refractivity contribution is 5.69. The van der Waals surface area contributed by atoms with E-state index in [1.54, 1.807) is 30.6 Å². The van der Waals surface area contributed by atoms with Crippen molar-refractivity contribution in [3.8, 4) is 17.4 Å². The Morgan fingerprint density at radius 1 is 1.05 bits per heavy atom. The minimum atomic E-state index is 0.163. The fourth-order valence-electron chi connectivity index (χ4n) is 1.80. The Kier molecular flexibility index (Phi) is 2.72. The molecule has 0 aliphatic rings. The fourth-order valence-corrected chi connectivity index (χ4v) is 1.80. The number of aryl methyl sites for hydroxylation is 1. The molecule has 1 N–H and O–H groups in total. The predicted molar refractivity (Wildman–Crippen MR) is 70.3 cm³/mol. The number of phenols is 1. The highest BCUT2D eigenvalue weighted by Crippen LogP contribution is 2.26. The second-order valence-corrected chi connectivity index (χ2v) is 4.15. The first kappa shape index (κ1) is 11.4. The molecule has 0 bridgehead atoms. The second kappa shape index (κ2) is 4.53. The van der Waals surface area contributed by atoms with Crippen molar-refractivity contribution in [2.45, 2.75) is 6.92 Å². The largest absolute Gasteiger partial charge is 0.508 e. The Labute approximate surface area is 109 Å². The lowest BCUT2D eigenvalue weighted by atomic mass is 10.2. The van der Waals surface area contributed by atoms with Crippen LogP contribution < -0.4 is 4.74 Å². The number of phenolic OH excluding ortho intramolecular Hbond substituents is 1. The third kappa shape index (κ3) is 2.44. The maximum absolute atomic E-state index is 9.52. The molecule has 0 atom stereocenters. The van der Waals surface area contributed by atoms with Crippen LogP contribution in [-0.4, -0.2) is 20.1 Å². The van der Waals surface area contributed by atoms with Crippen LogP contribution in [0.2, 0.25) is 0 Å². The van der Waals surface area contributed by atoms with E-state index < -0.39 is 0 Å². The molecular formula is C14H11N3O2. The number of ether oxygens (including phenoxy) is 1. The maximum Gasteiger partial charge on any atom is 0.221 e. The van der Waals surface area contributed by atoms with Gasteiger partial charge in [-0.1, -0.05) is 0 Å². The predicted octanol–water partition coefficient (Wildman–Crippen LogP) is 2.83. The molecule has 0 unspecified atom stereocenters. The fraction of sp³-hybridized carbons (Fsp3) is 0.0714. The van der Waals surface area contributed by atoms with Crippen LogP contribution in [0.4, 0.5) is 0 Å². The van der Waals surface area contributed by atoms with E-state index in [1.165, 1.54) is 6.07 Å². The van der Waals surface area contributed by atoms with Gasteiger partial charge in [0.25, 0.3) is 0 Å². The topological polar surface area (TPSA) is 68.1 Å². The number of fused-ring (bicyclic) bond motifs is 1. The number of hydrogen-bond donors (Lipinski definition) is 1. The number of benzene rings is 1. The van der Waals surface area contributed by atoms with Crippen LogP contribution in [-0.2, 0) is 0 Å². The Balaban J connectivity index is 1.96. The Morgan fingerprint density at radius 2 is 1.89 bits per heavy atom. The van der Waals surface area contributed by atoms with E-state index in [4.69, 9.17) is 4.74 Å². The van der Waals surface area contributed by atoms with Crippen LogP contribution in [0.5, 0.6) is 17.4 Å². The smallest absolute Gasteiger partial charge is 0.221 e. The number of aromatic nitrogens is 3. The third-order valence-corrected chi connectivity index (χ3v) is 2.56. The summed E-state index contributed by atoms with van der Waals surface area (Å²) in [6.07, 6.45) is 3.20. The minimum absolute atomic E-state index is 0.163. The van der Waals surface area contributed by atoms with Gasteiger partial charge in [-0.3, -0.25) is 4.98 Å². The van der Waals surface area contributed by atoms with Gasteiger partial charge in [0, 0.05) is 24.5 Å². The molecule has 0 saturated carbocycles. The molecule has 3 aromatic rings. The summed E-state index contributed by atoms with van der Waals surface area (Å²) in [5.74, 6) is 1.11. The summed E-state index contributed by atoms with van der Waals surface area (Å²) in [5, 5.41) is 9.52. The molecule has 0 aliphatic heterocycles. The van der Waals surface area contributed by atoms with Gasteiger partial charge >= 0.3 is 0 Å². The lowest BCUT2D eigenvalue weighted by Gasteiger charge is -2.06. The normalized spacial score (nSPS) is 10.6. The van der Waals surface area contributed by atoms with Crippen molar-refractivity contribution in [3.05, 3.63) is 48.3 Å². The molecule has 0 amide bonds. The first-order valence-electron chi connectivity index (χ1n) is 5.77. The molecule has 94 valence electrons. The highest BCUT2D eigenvalue weighted by Gasteiger charge is 2.04. The summed E-state index contributed by atoms with van der Waals surface area (Å²) in [6.45, 7) is 1.88. The van der Waals surface area contributed by atoms with Gasteiger partial charge in [-0.15, -0.1) is 0 Å². The lowest BCUT2D eigenvalue weighted by Crippen LogP contribution is -1.91. The van der Waals surface area contributed by atoms with Gasteiger partial charge in [-0.05, 0) is 30.7 Å². The van der Waals surface area contributed by atoms with E-state index in [0.29, 0.717) is 22.8 Å². The number of hydrogen-bond acceptors (Lipinski definition) is 5. The van der Waals surface area contributed by atoms with Crippen molar-refractivity contribution in [2.75, 3.05) is 0 Å². The molecular weight excluding hydrogens is 242 g/mol. The zero-order chi connectivity index (χ0) is 13.2. The van der Waals surface area contributed by atoms with Gasteiger partial charge in [0.2, 0.25) is 5.88 Å². The van der Waals surface area contributed by atoms with Crippen molar-refractivity contribution in [2.24, 2.45) is 0 Å². The first-order chi connectivity index (χ1) is 9.20. The molecule has 5 heteroatoms. The number of aromatic hydroxyl groups is 1. The second-order valence-electron chi connectivity index (χ2n) is 4.15. The lowest BCUT2D eigenvalue weighted by molar-refractivity contribution is 0.446. The molecule has 0 saturated heterocycles. The van der Waals surface area contributed by atoms with Crippen LogP contribution >= 0.6 is 0 Å². The van der Waals surface area contributed by atoms with Gasteiger partial charge in [0.05, 0.1) is 0 Å². The van der Waals surface area contributed by atoms with Gasteiger partial charge in [0.1, 0.15) is 17.0 Å². The Morgan fingerprint density at radius 3 is 2.74 bits per heavy atom. The average Bonchev–Trinajstić information content (AvgIpc) is 2.37. The van der Waals surface area contributed by atoms with E-state index in [0.717, 1.165) is 5.56 Å².